The van der Waals surface area contributed by atoms with Gasteiger partial charge in [-0.3, -0.25) is 30.9 Å². The number of urea groups is 1. The lowest BCUT2D eigenvalue weighted by atomic mass is 10.9. The largest absolute Gasteiger partial charge is 0.324 e. The number of carbonyl (C=O) groups excluding carboxylic acids is 1. The molecule has 0 fully saturated rings. The smallest absolute Gasteiger partial charge is 0.278 e. The van der Waals surface area contributed by atoms with Gasteiger partial charge in [0.25, 0.3) is 13.3 Å². The van der Waals surface area contributed by atoms with Gasteiger partial charge in [-0.15, -0.1) is 0 Å². The average molecular weight is 178 g/mol. The maximum atomic E-state index is 10.4. The number of nitrogens with one attached hydrogen (secondary N) is 2. The van der Waals surface area contributed by atoms with Gasteiger partial charge in [-0.1, -0.05) is 0 Å². The van der Waals surface area contributed by atoms with E-state index in [2.05, 4.69) is 0 Å². The highest BCUT2D eigenvalue weighted by molar-refractivity contribution is 5.73. The number of hydrogen-bond donors (Lipinski definition) is 2. The van der Waals surface area contributed by atoms with E-state index in [0.717, 1.165) is 0 Å². The zero-order valence-corrected chi connectivity index (χ0v) is 5.85. The van der Waals surface area contributed by atoms with E-state index in [4.69, 9.17) is 0 Å². The van der Waals surface area contributed by atoms with Gasteiger partial charge in [0.2, 0.25) is 0 Å². The zero-order chi connectivity index (χ0) is 9.56. The van der Waals surface area contributed by atoms with Gasteiger partial charge in [0, 0.05) is 9.85 Å². The van der Waals surface area contributed by atoms with Crippen LogP contribution in [0, 0.1) is 20.2 Å². The molecule has 2 N–H and O–H groups in total. The van der Waals surface area contributed by atoms with Crippen molar-refractivity contribution in [3.63, 3.8) is 0 Å². The monoisotopic (exact) mass is 178 g/mol. The molecular formula is C3H6N4O5. The first-order valence-corrected chi connectivity index (χ1v) is 2.77. The first kappa shape index (κ1) is 10.1. The summed E-state index contributed by atoms with van der Waals surface area (Å²) in [5.41, 5.74) is 0. The molecular weight excluding hydrogens is 172 g/mol. The highest BCUT2D eigenvalue weighted by Gasteiger charge is 2.05. The predicted octanol–water partition coefficient (Wildman–Crippen LogP) is -1.25. The van der Waals surface area contributed by atoms with E-state index in [0.29, 0.717) is 0 Å². The van der Waals surface area contributed by atoms with Gasteiger partial charge < -0.3 is 0 Å². The Kier molecular flexibility index (Phi) is 4.04. The zero-order valence-electron chi connectivity index (χ0n) is 5.85. The molecule has 0 bridgehead atoms. The third-order valence-corrected chi connectivity index (χ3v) is 0.737. The number of nitrogens with zero attached hydrogens (tertiary/aromatic N) is 2. The maximum absolute atomic E-state index is 10.4. The van der Waals surface area contributed by atoms with Gasteiger partial charge in [0.15, 0.2) is 0 Å². The van der Waals surface area contributed by atoms with Crippen LogP contribution < -0.4 is 10.6 Å². The number of amides is 2. The molecule has 0 saturated heterocycles. The molecule has 9 heteroatoms. The average Bonchev–Trinajstić information content (AvgIpc) is 1.96. The first-order valence-electron chi connectivity index (χ1n) is 2.77. The minimum atomic E-state index is -0.941. The predicted molar refractivity (Wildman–Crippen MR) is 35.4 cm³/mol. The minimum Gasteiger partial charge on any atom is -0.278 e. The molecule has 0 aromatic rings. The Bertz CT molecular complexity index is 183. The van der Waals surface area contributed by atoms with Crippen molar-refractivity contribution in [3.8, 4) is 0 Å². The van der Waals surface area contributed by atoms with Crippen LogP contribution in [-0.2, 0) is 0 Å². The summed E-state index contributed by atoms with van der Waals surface area (Å²) in [5, 5.41) is 22.9. The summed E-state index contributed by atoms with van der Waals surface area (Å²) in [6.45, 7) is -1.52. The van der Waals surface area contributed by atoms with Crippen LogP contribution in [0.25, 0.3) is 0 Å². The van der Waals surface area contributed by atoms with E-state index in [9.17, 15) is 25.0 Å². The molecule has 0 aliphatic carbocycles. The van der Waals surface area contributed by atoms with E-state index in [1.807, 2.05) is 0 Å². The molecule has 0 unspecified atom stereocenters. The van der Waals surface area contributed by atoms with Crippen molar-refractivity contribution >= 4 is 6.03 Å². The van der Waals surface area contributed by atoms with E-state index < -0.39 is 29.2 Å². The summed E-state index contributed by atoms with van der Waals surface area (Å²) in [7, 11) is 0. The van der Waals surface area contributed by atoms with E-state index in [-0.39, 0.29) is 0 Å². The number of hydrogen-bond acceptors (Lipinski definition) is 5. The Labute approximate surface area is 66.0 Å². The number of carbonyl (C=O) groups is 1. The van der Waals surface area contributed by atoms with Crippen LogP contribution in [0.1, 0.15) is 0 Å². The van der Waals surface area contributed by atoms with Gasteiger partial charge in [0.1, 0.15) is 0 Å². The molecule has 0 saturated carbocycles. The van der Waals surface area contributed by atoms with Gasteiger partial charge in [-0.05, 0) is 0 Å². The van der Waals surface area contributed by atoms with Crippen LogP contribution in [0.2, 0.25) is 0 Å². The SMILES string of the molecule is O=C(NC[N+](=O)[O-])NC[N+](=O)[O-]. The minimum absolute atomic E-state index is 0.760. The molecule has 0 radical (unpaired) electrons. The fraction of sp³-hybridized carbons (Fsp3) is 0.667. The van der Waals surface area contributed by atoms with Crippen LogP contribution in [0.15, 0.2) is 0 Å². The van der Waals surface area contributed by atoms with Crippen LogP contribution in [0.5, 0.6) is 0 Å². The van der Waals surface area contributed by atoms with Crippen molar-refractivity contribution in [1.29, 1.82) is 0 Å². The van der Waals surface area contributed by atoms with Gasteiger partial charge in [-0.25, -0.2) is 4.79 Å². The Morgan fingerprint density at radius 3 is 1.67 bits per heavy atom. The lowest BCUT2D eigenvalue weighted by Gasteiger charge is -1.98. The van der Waals surface area contributed by atoms with E-state index in [1.54, 1.807) is 10.6 Å². The summed E-state index contributed by atoms with van der Waals surface area (Å²) in [6.07, 6.45) is 0. The fourth-order valence-electron chi connectivity index (χ4n) is 0.335. The molecule has 0 aromatic carbocycles. The summed E-state index contributed by atoms with van der Waals surface area (Å²) in [6, 6.07) is -0.941. The van der Waals surface area contributed by atoms with Crippen LogP contribution in [-0.4, -0.2) is 29.2 Å². The lowest BCUT2D eigenvalue weighted by molar-refractivity contribution is -0.486. The topological polar surface area (TPSA) is 127 Å². The molecule has 68 valence electrons. The number of rotatable bonds is 4. The van der Waals surface area contributed by atoms with E-state index >= 15 is 0 Å². The Morgan fingerprint density at radius 1 is 1.08 bits per heavy atom. The third kappa shape index (κ3) is 6.19. The third-order valence-electron chi connectivity index (χ3n) is 0.737. The normalized spacial score (nSPS) is 8.67. The second kappa shape index (κ2) is 4.82. The lowest BCUT2D eigenvalue weighted by Crippen LogP contribution is -2.40. The number of nitro groups is 2. The second-order valence-corrected chi connectivity index (χ2v) is 1.66. The Balaban J connectivity index is 3.47. The molecule has 9 nitrogen and oxygen atoms in total. The quantitative estimate of drug-likeness (QED) is 0.316. The molecule has 12 heavy (non-hydrogen) atoms. The van der Waals surface area contributed by atoms with E-state index in [1.165, 1.54) is 0 Å². The van der Waals surface area contributed by atoms with Crippen LogP contribution in [0.3, 0.4) is 0 Å². The molecule has 0 rings (SSSR count). The van der Waals surface area contributed by atoms with Crippen molar-refractivity contribution < 1.29 is 14.6 Å². The molecule has 0 aliphatic heterocycles. The summed E-state index contributed by atoms with van der Waals surface area (Å²) >= 11 is 0. The van der Waals surface area contributed by atoms with Crippen molar-refractivity contribution in [2.24, 2.45) is 0 Å². The molecule has 0 aromatic heterocycles. The fourth-order valence-corrected chi connectivity index (χ4v) is 0.335. The molecule has 2 amide bonds. The van der Waals surface area contributed by atoms with Gasteiger partial charge >= 0.3 is 6.03 Å². The summed E-state index contributed by atoms with van der Waals surface area (Å²) < 4.78 is 0. The van der Waals surface area contributed by atoms with Crippen molar-refractivity contribution in [1.82, 2.24) is 10.6 Å². The Morgan fingerprint density at radius 2 is 1.42 bits per heavy atom. The van der Waals surface area contributed by atoms with Crippen LogP contribution in [0.4, 0.5) is 4.79 Å². The molecule has 0 aliphatic rings. The van der Waals surface area contributed by atoms with Gasteiger partial charge in [-0.2, -0.15) is 0 Å². The molecule has 0 heterocycles. The highest BCUT2D eigenvalue weighted by atomic mass is 16.6. The maximum Gasteiger partial charge on any atom is 0.324 e. The molecule has 0 spiro atoms. The van der Waals surface area contributed by atoms with Crippen molar-refractivity contribution in [2.75, 3.05) is 13.3 Å². The second-order valence-electron chi connectivity index (χ2n) is 1.66. The summed E-state index contributed by atoms with van der Waals surface area (Å²) in [5.74, 6) is 0. The van der Waals surface area contributed by atoms with Gasteiger partial charge in [0.05, 0.1) is 0 Å². The van der Waals surface area contributed by atoms with Crippen LogP contribution >= 0.6 is 0 Å². The van der Waals surface area contributed by atoms with Crippen molar-refractivity contribution in [3.05, 3.63) is 20.2 Å². The molecule has 0 atom stereocenters. The van der Waals surface area contributed by atoms with Crippen molar-refractivity contribution in [2.45, 2.75) is 0 Å². The Hall–Kier alpha value is -1.93. The first-order chi connectivity index (χ1) is 5.52. The highest BCUT2D eigenvalue weighted by Crippen LogP contribution is 1.67. The summed E-state index contributed by atoms with van der Waals surface area (Å²) in [4.78, 5) is 28.2. The standard InChI is InChI=1S/C3H6N4O5/c8-3(4-1-6(9)10)5-2-7(11)12/h1-2H2,(H2,4,5,8).